The van der Waals surface area contributed by atoms with Gasteiger partial charge in [0, 0.05) is 4.99 Å². The molecule has 2 aromatic rings. The molecule has 0 radical (unpaired) electrons. The highest BCUT2D eigenvalue weighted by Crippen LogP contribution is 2.16. The first-order valence-corrected chi connectivity index (χ1v) is 7.97. The van der Waals surface area contributed by atoms with E-state index in [0.717, 1.165) is 5.96 Å². The second kappa shape index (κ2) is 7.36. The Morgan fingerprint density at radius 2 is 1.50 bits per heavy atom. The Balaban J connectivity index is 2.36. The van der Waals surface area contributed by atoms with Crippen LogP contribution >= 0.6 is 0 Å². The Labute approximate surface area is 138 Å². The van der Waals surface area contributed by atoms with E-state index in [1.54, 1.807) is 3.95 Å². The van der Waals surface area contributed by atoms with E-state index in [4.69, 9.17) is 12.4 Å². The summed E-state index contributed by atoms with van der Waals surface area (Å²) in [5.74, 6) is 0.791. The number of nitrogens with zero attached hydrogens (tertiary/aromatic N) is 3. The highest BCUT2D eigenvalue weighted by Gasteiger charge is 2.30. The van der Waals surface area contributed by atoms with E-state index in [1.807, 2.05) is 35.2 Å². The van der Waals surface area contributed by atoms with Crippen LogP contribution in [0.1, 0.15) is 27.7 Å². The normalized spacial score (nSPS) is 12.0. The Morgan fingerprint density at radius 1 is 0.955 bits per heavy atom. The van der Waals surface area contributed by atoms with Crippen molar-refractivity contribution in [3.63, 3.8) is 0 Å². The number of benzene rings is 1. The molecular formula is C18H23N3S+2. The third-order valence-electron chi connectivity index (χ3n) is 3.21. The molecule has 0 bridgehead atoms. The van der Waals surface area contributed by atoms with Crippen molar-refractivity contribution in [1.29, 1.82) is 0 Å². The highest BCUT2D eigenvalue weighted by atomic mass is 32.1. The number of rotatable bonds is 3. The molecule has 0 N–H and O–H groups in total. The van der Waals surface area contributed by atoms with Gasteiger partial charge in [0.25, 0.3) is 0 Å². The quantitative estimate of drug-likeness (QED) is 0.483. The van der Waals surface area contributed by atoms with Crippen molar-refractivity contribution in [1.82, 2.24) is 0 Å². The van der Waals surface area contributed by atoms with Gasteiger partial charge in [-0.3, -0.25) is 0 Å². The van der Waals surface area contributed by atoms with Gasteiger partial charge < -0.3 is 0 Å². The van der Waals surface area contributed by atoms with Crippen molar-refractivity contribution >= 4 is 18.4 Å². The summed E-state index contributed by atoms with van der Waals surface area (Å²) in [6.45, 7) is 8.26. The Bertz CT molecular complexity index is 658. The first-order chi connectivity index (χ1) is 10.5. The fourth-order valence-electron chi connectivity index (χ4n) is 2.08. The minimum atomic E-state index is 0.195. The van der Waals surface area contributed by atoms with Crippen LogP contribution in [0.15, 0.2) is 59.9 Å². The lowest BCUT2D eigenvalue weighted by Crippen LogP contribution is -2.50. The highest BCUT2D eigenvalue weighted by molar-refractivity contribution is 7.44. The first-order valence-electron chi connectivity index (χ1n) is 7.60. The van der Waals surface area contributed by atoms with Gasteiger partial charge in [-0.25, -0.2) is 0 Å². The molecule has 0 saturated carbocycles. The summed E-state index contributed by atoms with van der Waals surface area (Å²) in [4.78, 5) is 4.67. The van der Waals surface area contributed by atoms with Gasteiger partial charge in [0.15, 0.2) is 18.5 Å². The predicted octanol–water partition coefficient (Wildman–Crippen LogP) is 3.41. The predicted molar refractivity (Wildman–Crippen MR) is 92.8 cm³/mol. The Morgan fingerprint density at radius 3 is 2.00 bits per heavy atom. The molecule has 0 aliphatic carbocycles. The third-order valence-corrected chi connectivity index (χ3v) is 3.79. The SMILES string of the molecule is CC(C)N=C([N+](=S)C(C)C)[n+]1ccc(-c2ccccc2)cc1. The smallest absolute Gasteiger partial charge is 0.125 e. The number of hydrogen-bond donors (Lipinski definition) is 0. The molecule has 0 fully saturated rings. The molecule has 1 aromatic carbocycles. The summed E-state index contributed by atoms with van der Waals surface area (Å²) in [6.07, 6.45) is 4.04. The maximum atomic E-state index is 5.49. The summed E-state index contributed by atoms with van der Waals surface area (Å²) in [7, 11) is 0. The van der Waals surface area contributed by atoms with E-state index >= 15 is 0 Å². The molecule has 0 aliphatic heterocycles. The molecular weight excluding hydrogens is 290 g/mol. The summed E-state index contributed by atoms with van der Waals surface area (Å²) < 4.78 is 3.77. The van der Waals surface area contributed by atoms with E-state index in [0.29, 0.717) is 0 Å². The van der Waals surface area contributed by atoms with Crippen LogP contribution in [0.3, 0.4) is 0 Å². The van der Waals surface area contributed by atoms with Gasteiger partial charge in [-0.05, 0) is 51.0 Å². The summed E-state index contributed by atoms with van der Waals surface area (Å²) in [5, 5.41) is 0. The third kappa shape index (κ3) is 4.04. The number of aliphatic imine (C=N–C) groups is 1. The minimum Gasteiger partial charge on any atom is -0.125 e. The fraction of sp³-hybridized carbons (Fsp3) is 0.333. The van der Waals surface area contributed by atoms with Crippen LogP contribution in [-0.4, -0.2) is 22.0 Å². The average Bonchev–Trinajstić information content (AvgIpc) is 2.53. The number of pyridine rings is 1. The molecule has 1 aromatic heterocycles. The zero-order valence-corrected chi connectivity index (χ0v) is 14.4. The van der Waals surface area contributed by atoms with Crippen LogP contribution in [-0.2, 0) is 12.4 Å². The lowest BCUT2D eigenvalue weighted by Gasteiger charge is -2.03. The van der Waals surface area contributed by atoms with Crippen molar-refractivity contribution < 1.29 is 8.51 Å². The van der Waals surface area contributed by atoms with Crippen LogP contribution in [0.4, 0.5) is 0 Å². The Hall–Kier alpha value is -1.94. The van der Waals surface area contributed by atoms with Crippen LogP contribution in [0, 0.1) is 0 Å². The molecule has 2 rings (SSSR count). The molecule has 4 heteroatoms. The standard InChI is InChI=1S/C18H23N3S/c1-14(2)19-18(21(22)15(3)4)20-12-10-17(11-13-20)16-8-6-5-7-9-16/h5-15H,1-4H3/q+2. The monoisotopic (exact) mass is 313 g/mol. The van der Waals surface area contributed by atoms with Crippen LogP contribution in [0.25, 0.3) is 11.1 Å². The van der Waals surface area contributed by atoms with E-state index in [9.17, 15) is 0 Å². The van der Waals surface area contributed by atoms with Crippen molar-refractivity contribution in [3.05, 3.63) is 54.9 Å². The van der Waals surface area contributed by atoms with Crippen molar-refractivity contribution in [2.24, 2.45) is 4.99 Å². The van der Waals surface area contributed by atoms with Crippen molar-refractivity contribution in [3.8, 4) is 11.1 Å². The molecule has 0 aliphatic rings. The van der Waals surface area contributed by atoms with Gasteiger partial charge in [0.1, 0.15) is 18.4 Å². The molecule has 0 atom stereocenters. The van der Waals surface area contributed by atoms with E-state index < -0.39 is 0 Å². The fourth-order valence-corrected chi connectivity index (χ4v) is 2.22. The lowest BCUT2D eigenvalue weighted by molar-refractivity contribution is -0.645. The van der Waals surface area contributed by atoms with Crippen LogP contribution in [0.2, 0.25) is 0 Å². The molecule has 0 unspecified atom stereocenters. The molecule has 3 nitrogen and oxygen atoms in total. The van der Waals surface area contributed by atoms with Gasteiger partial charge in [0.05, 0.1) is 0 Å². The van der Waals surface area contributed by atoms with Gasteiger partial charge in [-0.2, -0.15) is 0 Å². The maximum absolute atomic E-state index is 5.49. The lowest BCUT2D eigenvalue weighted by atomic mass is 10.1. The first kappa shape index (κ1) is 16.4. The van der Waals surface area contributed by atoms with Crippen molar-refractivity contribution in [2.45, 2.75) is 39.8 Å². The van der Waals surface area contributed by atoms with Gasteiger partial charge in [-0.1, -0.05) is 34.3 Å². The summed E-state index contributed by atoms with van der Waals surface area (Å²) >= 11 is 5.49. The average molecular weight is 313 g/mol. The zero-order valence-electron chi connectivity index (χ0n) is 13.6. The summed E-state index contributed by atoms with van der Waals surface area (Å²) in [5.41, 5.74) is 2.39. The van der Waals surface area contributed by atoms with Gasteiger partial charge >= 0.3 is 5.96 Å². The molecule has 0 amide bonds. The second-order valence-electron chi connectivity index (χ2n) is 5.80. The number of aromatic nitrogens is 1. The maximum Gasteiger partial charge on any atom is 0.594 e. The van der Waals surface area contributed by atoms with Crippen LogP contribution < -0.4 is 4.57 Å². The van der Waals surface area contributed by atoms with Gasteiger partial charge in [-0.15, -0.1) is 4.57 Å². The van der Waals surface area contributed by atoms with E-state index in [2.05, 4.69) is 57.0 Å². The second-order valence-corrected chi connectivity index (χ2v) is 6.20. The topological polar surface area (TPSA) is 19.2 Å². The molecule has 0 spiro atoms. The van der Waals surface area contributed by atoms with E-state index in [1.165, 1.54) is 11.1 Å². The summed E-state index contributed by atoms with van der Waals surface area (Å²) in [6, 6.07) is 14.9. The molecule has 22 heavy (non-hydrogen) atoms. The largest absolute Gasteiger partial charge is 0.594 e. The zero-order chi connectivity index (χ0) is 16.1. The number of hydrogen-bond acceptors (Lipinski definition) is 2. The molecule has 0 saturated heterocycles. The molecule has 1 heterocycles. The van der Waals surface area contributed by atoms with Gasteiger partial charge in [0.2, 0.25) is 0 Å². The molecule has 114 valence electrons. The Kier molecular flexibility index (Phi) is 5.50. The van der Waals surface area contributed by atoms with Crippen LogP contribution in [0.5, 0.6) is 0 Å². The van der Waals surface area contributed by atoms with E-state index in [-0.39, 0.29) is 12.1 Å². The minimum absolute atomic E-state index is 0.195. The van der Waals surface area contributed by atoms with Crippen molar-refractivity contribution in [2.75, 3.05) is 0 Å².